The molecule has 1 unspecified atom stereocenters. The number of benzene rings is 2. The number of likely N-dealkylation sites (N-methyl/N-ethyl adjacent to an activating group) is 1. The maximum absolute atomic E-state index is 12.7. The number of rotatable bonds is 6. The third kappa shape index (κ3) is 4.47. The highest BCUT2D eigenvalue weighted by Crippen LogP contribution is 2.16. The van der Waals surface area contributed by atoms with Crippen molar-refractivity contribution in [3.63, 3.8) is 0 Å². The second-order valence-electron chi connectivity index (χ2n) is 6.37. The lowest BCUT2D eigenvalue weighted by Crippen LogP contribution is -2.41. The number of methoxy groups -OCH3 is 1. The van der Waals surface area contributed by atoms with Crippen LogP contribution in [0.3, 0.4) is 0 Å². The molecule has 4 heteroatoms. The molecule has 0 fully saturated rings. The number of ketones is 1. The van der Waals surface area contributed by atoms with E-state index in [1.54, 1.807) is 21.1 Å². The van der Waals surface area contributed by atoms with Crippen molar-refractivity contribution in [1.82, 2.24) is 4.90 Å². The van der Waals surface area contributed by atoms with Gasteiger partial charge in [0, 0.05) is 12.6 Å². The molecule has 1 atom stereocenters. The van der Waals surface area contributed by atoms with Gasteiger partial charge in [-0.05, 0) is 55.7 Å². The van der Waals surface area contributed by atoms with Gasteiger partial charge in [0.25, 0.3) is 0 Å². The Morgan fingerprint density at radius 1 is 1.04 bits per heavy atom. The van der Waals surface area contributed by atoms with Crippen LogP contribution in [0.2, 0.25) is 0 Å². The smallest absolute Gasteiger partial charge is 0.227 e. The summed E-state index contributed by atoms with van der Waals surface area (Å²) in [5.74, 6) is 0.617. The number of nitrogens with zero attached hydrogens (tertiary/aromatic N) is 1. The average molecular weight is 339 g/mol. The minimum atomic E-state index is -0.507. The van der Waals surface area contributed by atoms with E-state index in [0.717, 1.165) is 22.4 Å². The van der Waals surface area contributed by atoms with Crippen molar-refractivity contribution < 1.29 is 14.3 Å². The van der Waals surface area contributed by atoms with Crippen molar-refractivity contribution in [2.45, 2.75) is 33.2 Å². The van der Waals surface area contributed by atoms with Gasteiger partial charge in [-0.2, -0.15) is 0 Å². The van der Waals surface area contributed by atoms with E-state index in [4.69, 9.17) is 4.74 Å². The zero-order chi connectivity index (χ0) is 18.6. The Kier molecular flexibility index (Phi) is 5.97. The first-order chi connectivity index (χ1) is 11.8. The topological polar surface area (TPSA) is 46.6 Å². The second kappa shape index (κ2) is 7.97. The molecule has 0 N–H and O–H groups in total. The van der Waals surface area contributed by atoms with Gasteiger partial charge in [-0.1, -0.05) is 24.3 Å². The molecular formula is C21H25NO3. The molecule has 0 aromatic heterocycles. The standard InChI is InChI=1S/C21H25NO3/c1-14-6-9-18(12-15(14)2)21(24)16(3)22(4)20(23)13-17-7-10-19(25-5)11-8-17/h6-12,16H,13H2,1-5H3. The van der Waals surface area contributed by atoms with E-state index in [0.29, 0.717) is 5.56 Å². The number of hydrogen-bond donors (Lipinski definition) is 0. The fourth-order valence-electron chi connectivity index (χ4n) is 2.57. The van der Waals surface area contributed by atoms with E-state index in [1.807, 2.05) is 56.3 Å². The fraction of sp³-hybridized carbons (Fsp3) is 0.333. The molecule has 0 heterocycles. The lowest BCUT2D eigenvalue weighted by atomic mass is 9.99. The van der Waals surface area contributed by atoms with Gasteiger partial charge in [0.05, 0.1) is 19.6 Å². The van der Waals surface area contributed by atoms with Crippen LogP contribution in [0, 0.1) is 13.8 Å². The maximum atomic E-state index is 12.7. The summed E-state index contributed by atoms with van der Waals surface area (Å²) in [6.45, 7) is 5.76. The normalized spacial score (nSPS) is 11.7. The minimum Gasteiger partial charge on any atom is -0.497 e. The quantitative estimate of drug-likeness (QED) is 0.756. The molecule has 0 saturated heterocycles. The van der Waals surface area contributed by atoms with Crippen LogP contribution in [0.1, 0.15) is 34.0 Å². The van der Waals surface area contributed by atoms with Crippen LogP contribution in [0.25, 0.3) is 0 Å². The molecule has 132 valence electrons. The van der Waals surface area contributed by atoms with Crippen molar-refractivity contribution in [3.05, 3.63) is 64.7 Å². The van der Waals surface area contributed by atoms with Gasteiger partial charge < -0.3 is 9.64 Å². The molecule has 0 bridgehead atoms. The SMILES string of the molecule is COc1ccc(CC(=O)N(C)C(C)C(=O)c2ccc(C)c(C)c2)cc1. The average Bonchev–Trinajstić information content (AvgIpc) is 2.62. The summed E-state index contributed by atoms with van der Waals surface area (Å²) in [5, 5.41) is 0. The van der Waals surface area contributed by atoms with E-state index in [9.17, 15) is 9.59 Å². The Morgan fingerprint density at radius 2 is 1.68 bits per heavy atom. The Balaban J connectivity index is 2.06. The maximum Gasteiger partial charge on any atom is 0.227 e. The summed E-state index contributed by atoms with van der Waals surface area (Å²) in [5.41, 5.74) is 3.75. The van der Waals surface area contributed by atoms with Crippen molar-refractivity contribution >= 4 is 11.7 Å². The number of amides is 1. The first-order valence-corrected chi connectivity index (χ1v) is 8.33. The highest BCUT2D eigenvalue weighted by Gasteiger charge is 2.23. The van der Waals surface area contributed by atoms with E-state index >= 15 is 0 Å². The van der Waals surface area contributed by atoms with Crippen LogP contribution < -0.4 is 4.74 Å². The van der Waals surface area contributed by atoms with E-state index < -0.39 is 6.04 Å². The van der Waals surface area contributed by atoms with Crippen molar-refractivity contribution in [2.24, 2.45) is 0 Å². The van der Waals surface area contributed by atoms with Gasteiger partial charge >= 0.3 is 0 Å². The van der Waals surface area contributed by atoms with Crippen LogP contribution in [0.5, 0.6) is 5.75 Å². The number of ether oxygens (including phenoxy) is 1. The van der Waals surface area contributed by atoms with Crippen LogP contribution in [-0.4, -0.2) is 36.8 Å². The zero-order valence-electron chi connectivity index (χ0n) is 15.5. The first-order valence-electron chi connectivity index (χ1n) is 8.33. The number of hydrogen-bond acceptors (Lipinski definition) is 3. The molecule has 2 rings (SSSR count). The van der Waals surface area contributed by atoms with E-state index in [1.165, 1.54) is 4.90 Å². The highest BCUT2D eigenvalue weighted by molar-refractivity contribution is 6.01. The van der Waals surface area contributed by atoms with Gasteiger partial charge in [-0.15, -0.1) is 0 Å². The predicted octanol–water partition coefficient (Wildman–Crippen LogP) is 3.58. The summed E-state index contributed by atoms with van der Waals surface area (Å²) >= 11 is 0. The lowest BCUT2D eigenvalue weighted by molar-refractivity contribution is -0.130. The molecule has 1 amide bonds. The highest BCUT2D eigenvalue weighted by atomic mass is 16.5. The van der Waals surface area contributed by atoms with Crippen LogP contribution in [-0.2, 0) is 11.2 Å². The third-order valence-corrected chi connectivity index (χ3v) is 4.66. The van der Waals surface area contributed by atoms with Crippen LogP contribution in [0.4, 0.5) is 0 Å². The van der Waals surface area contributed by atoms with Crippen LogP contribution >= 0.6 is 0 Å². The Hall–Kier alpha value is -2.62. The number of carbonyl (C=O) groups is 2. The molecule has 0 spiro atoms. The van der Waals surface area contributed by atoms with Crippen molar-refractivity contribution in [3.8, 4) is 5.75 Å². The van der Waals surface area contributed by atoms with Gasteiger partial charge in [0.15, 0.2) is 5.78 Å². The molecular weight excluding hydrogens is 314 g/mol. The molecule has 2 aromatic rings. The van der Waals surface area contributed by atoms with E-state index in [2.05, 4.69) is 0 Å². The molecule has 0 aliphatic carbocycles. The zero-order valence-corrected chi connectivity index (χ0v) is 15.5. The van der Waals surface area contributed by atoms with Gasteiger partial charge in [0.1, 0.15) is 5.75 Å². The Bertz CT molecular complexity index is 765. The first kappa shape index (κ1) is 18.7. The molecule has 0 radical (unpaired) electrons. The van der Waals surface area contributed by atoms with Crippen molar-refractivity contribution in [2.75, 3.05) is 14.2 Å². The lowest BCUT2D eigenvalue weighted by Gasteiger charge is -2.24. The monoisotopic (exact) mass is 339 g/mol. The summed E-state index contributed by atoms with van der Waals surface area (Å²) in [7, 11) is 3.28. The summed E-state index contributed by atoms with van der Waals surface area (Å²) in [4.78, 5) is 26.7. The number of carbonyl (C=O) groups excluding carboxylic acids is 2. The summed E-state index contributed by atoms with van der Waals surface area (Å²) in [6.07, 6.45) is 0.255. The summed E-state index contributed by atoms with van der Waals surface area (Å²) < 4.78 is 5.12. The number of Topliss-reactive ketones (excluding diaryl/α,β-unsaturated/α-hetero) is 1. The fourth-order valence-corrected chi connectivity index (χ4v) is 2.57. The molecule has 25 heavy (non-hydrogen) atoms. The van der Waals surface area contributed by atoms with E-state index in [-0.39, 0.29) is 18.1 Å². The van der Waals surface area contributed by atoms with Crippen molar-refractivity contribution in [1.29, 1.82) is 0 Å². The van der Waals surface area contributed by atoms with Gasteiger partial charge in [-0.25, -0.2) is 0 Å². The van der Waals surface area contributed by atoms with Gasteiger partial charge in [0.2, 0.25) is 5.91 Å². The minimum absolute atomic E-state index is 0.0475. The third-order valence-electron chi connectivity index (χ3n) is 4.66. The van der Waals surface area contributed by atoms with Gasteiger partial charge in [-0.3, -0.25) is 9.59 Å². The molecule has 0 aliphatic rings. The molecule has 0 aliphatic heterocycles. The Labute approximate surface area is 149 Å². The second-order valence-corrected chi connectivity index (χ2v) is 6.37. The largest absolute Gasteiger partial charge is 0.497 e. The predicted molar refractivity (Wildman–Crippen MR) is 99.2 cm³/mol. The number of aryl methyl sites for hydroxylation is 2. The van der Waals surface area contributed by atoms with Crippen LogP contribution in [0.15, 0.2) is 42.5 Å². The molecule has 4 nitrogen and oxygen atoms in total. The Morgan fingerprint density at radius 3 is 2.24 bits per heavy atom. The molecule has 2 aromatic carbocycles. The molecule has 0 saturated carbocycles. The summed E-state index contributed by atoms with van der Waals surface area (Å²) in [6, 6.07) is 12.5.